The number of aliphatic hydroxyl groups is 2. The van der Waals surface area contributed by atoms with Crippen molar-refractivity contribution in [3.05, 3.63) is 124 Å². The fourth-order valence-corrected chi connectivity index (χ4v) is 10.8. The Kier molecular flexibility index (Phi) is 11.4. The molecule has 0 amide bonds. The van der Waals surface area contributed by atoms with Gasteiger partial charge in [-0.05, 0) is 92.5 Å². The van der Waals surface area contributed by atoms with E-state index in [1.807, 2.05) is 48.5 Å². The highest BCUT2D eigenvalue weighted by Gasteiger charge is 2.58. The molecule has 4 atom stereocenters. The first-order valence-electron chi connectivity index (χ1n) is 17.9. The summed E-state index contributed by atoms with van der Waals surface area (Å²) < 4.78 is 41.5. The topological polar surface area (TPSA) is 113 Å². The molecule has 1 heterocycles. The number of fused-ring (bicyclic) bond motifs is 8. The Labute approximate surface area is 311 Å². The van der Waals surface area contributed by atoms with E-state index in [2.05, 4.69) is 19.9 Å². The van der Waals surface area contributed by atoms with E-state index >= 15 is 0 Å². The summed E-state index contributed by atoms with van der Waals surface area (Å²) in [6.07, 6.45) is 5.51. The fraction of sp³-hybridized carbons (Fsp3) is 0.405. The van der Waals surface area contributed by atoms with Crippen LogP contribution in [0.4, 0.5) is 0 Å². The van der Waals surface area contributed by atoms with Crippen LogP contribution in [0.5, 0.6) is 11.5 Å². The maximum Gasteiger partial charge on any atom is 0.252 e. The van der Waals surface area contributed by atoms with Crippen molar-refractivity contribution in [2.45, 2.75) is 87.2 Å². The summed E-state index contributed by atoms with van der Waals surface area (Å²) >= 11 is 1.15. The Bertz CT molecular complexity index is 2010. The lowest BCUT2D eigenvalue weighted by Crippen LogP contribution is -2.53. The molecule has 10 heteroatoms. The lowest BCUT2D eigenvalue weighted by Gasteiger charge is -2.46. The van der Waals surface area contributed by atoms with Gasteiger partial charge in [-0.15, -0.1) is 11.3 Å². The van der Waals surface area contributed by atoms with Gasteiger partial charge in [0.2, 0.25) is 0 Å². The van der Waals surface area contributed by atoms with Crippen LogP contribution in [0.1, 0.15) is 90.9 Å². The second-order valence-corrected chi connectivity index (χ2v) is 17.6. The van der Waals surface area contributed by atoms with Crippen LogP contribution in [0.25, 0.3) is 0 Å². The maximum absolute atomic E-state index is 14.4. The number of nitrogens with zero attached hydrogens (tertiary/aromatic N) is 1. The van der Waals surface area contributed by atoms with Crippen LogP contribution < -0.4 is 9.47 Å². The number of carbonyl (C=O) groups is 1. The third-order valence-electron chi connectivity index (χ3n) is 11.3. The van der Waals surface area contributed by atoms with Gasteiger partial charge in [0.05, 0.1) is 25.9 Å². The zero-order chi connectivity index (χ0) is 37.1. The second kappa shape index (κ2) is 15.7. The van der Waals surface area contributed by atoms with Gasteiger partial charge in [0, 0.05) is 41.3 Å². The predicted octanol–water partition coefficient (Wildman–Crippen LogP) is 7.93. The number of carbonyl (C=O) groups excluding carboxylic acids is 1. The minimum absolute atomic E-state index is 0.0236. The lowest BCUT2D eigenvalue weighted by molar-refractivity contribution is -0.0732. The SMILES string of the molecule is COc1ccc(CN(CC2(O)CCC3c4ccc(cc4C(=O)c4ccccc4)CC(O)CCC(C)=CCCC32C)S(=O)(=O)c2cccs2)c(OC)c1. The predicted molar refractivity (Wildman–Crippen MR) is 205 cm³/mol. The van der Waals surface area contributed by atoms with Crippen LogP contribution >= 0.6 is 11.3 Å². The van der Waals surface area contributed by atoms with Crippen molar-refractivity contribution in [1.29, 1.82) is 0 Å². The third kappa shape index (κ3) is 7.63. The fourth-order valence-electron chi connectivity index (χ4n) is 8.17. The zero-order valence-corrected chi connectivity index (χ0v) is 32.0. The second-order valence-electron chi connectivity index (χ2n) is 14.5. The molecule has 0 spiro atoms. The number of hydrogen-bond donors (Lipinski definition) is 2. The molecule has 276 valence electrons. The highest BCUT2D eigenvalue weighted by molar-refractivity contribution is 7.91. The summed E-state index contributed by atoms with van der Waals surface area (Å²) in [5.74, 6) is 0.710. The van der Waals surface area contributed by atoms with Crippen LogP contribution in [-0.2, 0) is 23.0 Å². The van der Waals surface area contributed by atoms with Gasteiger partial charge in [0.25, 0.3) is 10.0 Å². The van der Waals surface area contributed by atoms with E-state index < -0.39 is 27.1 Å². The normalized spacial score (nSPS) is 23.9. The number of sulfonamides is 1. The summed E-state index contributed by atoms with van der Waals surface area (Å²) in [6, 6.07) is 23.7. The van der Waals surface area contributed by atoms with Crippen molar-refractivity contribution >= 4 is 27.1 Å². The first-order chi connectivity index (χ1) is 24.9. The summed E-state index contributed by atoms with van der Waals surface area (Å²) in [5.41, 5.74) is 2.38. The highest BCUT2D eigenvalue weighted by Crippen LogP contribution is 2.59. The van der Waals surface area contributed by atoms with Crippen molar-refractivity contribution in [3.8, 4) is 11.5 Å². The lowest BCUT2D eigenvalue weighted by atomic mass is 9.64. The number of thiophene rings is 1. The molecule has 3 aliphatic carbocycles. The van der Waals surface area contributed by atoms with Gasteiger partial charge in [-0.3, -0.25) is 4.79 Å². The molecule has 4 unspecified atom stereocenters. The first kappa shape index (κ1) is 37.9. The number of allylic oxidation sites excluding steroid dienone is 2. The van der Waals surface area contributed by atoms with Crippen LogP contribution in [-0.4, -0.2) is 61.2 Å². The van der Waals surface area contributed by atoms with Crippen LogP contribution in [0.2, 0.25) is 0 Å². The van der Waals surface area contributed by atoms with Gasteiger partial charge in [-0.2, -0.15) is 4.31 Å². The number of aliphatic hydroxyl groups excluding tert-OH is 1. The molecular weight excluding hydrogens is 695 g/mol. The molecule has 0 saturated heterocycles. The van der Waals surface area contributed by atoms with E-state index in [1.54, 1.807) is 42.8 Å². The van der Waals surface area contributed by atoms with E-state index in [9.17, 15) is 23.4 Å². The van der Waals surface area contributed by atoms with E-state index in [0.29, 0.717) is 66.7 Å². The van der Waals surface area contributed by atoms with Gasteiger partial charge in [-0.1, -0.05) is 73.2 Å². The molecule has 8 nitrogen and oxygen atoms in total. The monoisotopic (exact) mass is 743 g/mol. The molecule has 0 aliphatic heterocycles. The number of ether oxygens (including phenoxy) is 2. The van der Waals surface area contributed by atoms with E-state index in [1.165, 1.54) is 17.0 Å². The number of methoxy groups -OCH3 is 2. The Morgan fingerprint density at radius 2 is 1.77 bits per heavy atom. The summed E-state index contributed by atoms with van der Waals surface area (Å²) in [6.45, 7) is 3.97. The number of rotatable bonds is 10. The van der Waals surface area contributed by atoms with E-state index in [0.717, 1.165) is 28.9 Å². The van der Waals surface area contributed by atoms with Gasteiger partial charge >= 0.3 is 0 Å². The van der Waals surface area contributed by atoms with Crippen molar-refractivity contribution in [2.24, 2.45) is 5.41 Å². The molecule has 0 radical (unpaired) electrons. The van der Waals surface area contributed by atoms with Crippen molar-refractivity contribution in [1.82, 2.24) is 4.31 Å². The smallest absolute Gasteiger partial charge is 0.252 e. The summed E-state index contributed by atoms with van der Waals surface area (Å²) in [7, 11) is -0.939. The van der Waals surface area contributed by atoms with Crippen LogP contribution in [0, 0.1) is 5.41 Å². The molecule has 7 rings (SSSR count). The van der Waals surface area contributed by atoms with Crippen molar-refractivity contribution in [2.75, 3.05) is 20.8 Å². The van der Waals surface area contributed by atoms with Gasteiger partial charge in [0.15, 0.2) is 5.78 Å². The Morgan fingerprint density at radius 3 is 2.48 bits per heavy atom. The quantitative estimate of drug-likeness (QED) is 0.125. The minimum atomic E-state index is -4.04. The number of benzene rings is 3. The molecule has 1 aromatic heterocycles. The zero-order valence-electron chi connectivity index (χ0n) is 30.4. The number of hydrogen-bond acceptors (Lipinski definition) is 8. The molecular formula is C42H49NO7S2. The summed E-state index contributed by atoms with van der Waals surface area (Å²) in [4.78, 5) is 14.3. The largest absolute Gasteiger partial charge is 0.497 e. The minimum Gasteiger partial charge on any atom is -0.497 e. The standard InChI is InChI=1S/C42H49NO7S2/c1-29-10-8-21-41(2)37(35-19-15-30(24-33(44)17-14-29)25-36(35)40(45)31-11-6-5-7-12-31)20-22-42(41,46)28-43(52(47,48)39-13-9-23-51-39)27-32-16-18-34(49-3)26-38(32)50-4/h5-7,9-13,15-16,18-19,23,25-26,33,37,44,46H,8,14,17,20-22,24,27-28H2,1-4H3. The van der Waals surface area contributed by atoms with Crippen LogP contribution in [0.3, 0.4) is 0 Å². The molecule has 2 N–H and O–H groups in total. The molecule has 3 aromatic carbocycles. The van der Waals surface area contributed by atoms with Gasteiger partial charge in [-0.25, -0.2) is 8.42 Å². The van der Waals surface area contributed by atoms with E-state index in [4.69, 9.17) is 9.47 Å². The molecule has 52 heavy (non-hydrogen) atoms. The Morgan fingerprint density at radius 1 is 0.981 bits per heavy atom. The average Bonchev–Trinajstić information content (AvgIpc) is 3.78. The van der Waals surface area contributed by atoms with Crippen molar-refractivity contribution in [3.63, 3.8) is 0 Å². The maximum atomic E-state index is 14.4. The van der Waals surface area contributed by atoms with E-state index in [-0.39, 0.29) is 29.0 Å². The first-order valence-corrected chi connectivity index (χ1v) is 20.2. The molecule has 3 aliphatic rings. The van der Waals surface area contributed by atoms with Crippen molar-refractivity contribution < 1.29 is 32.9 Å². The van der Waals surface area contributed by atoms with Crippen LogP contribution in [0.15, 0.2) is 100 Å². The van der Waals surface area contributed by atoms with Gasteiger partial charge in [0.1, 0.15) is 15.7 Å². The Balaban J connectivity index is 1.47. The molecule has 2 bridgehead atoms. The molecule has 4 aromatic rings. The third-order valence-corrected chi connectivity index (χ3v) is 14.5. The Hall–Kier alpha value is -3.80. The van der Waals surface area contributed by atoms with Gasteiger partial charge < -0.3 is 19.7 Å². The number of ketones is 1. The average molecular weight is 744 g/mol. The summed E-state index contributed by atoms with van der Waals surface area (Å²) in [5, 5.41) is 25.8. The molecule has 1 saturated carbocycles. The molecule has 1 fully saturated rings. The highest BCUT2D eigenvalue weighted by atomic mass is 32.2.